The van der Waals surface area contributed by atoms with Crippen LogP contribution in [-0.4, -0.2) is 103 Å². The Morgan fingerprint density at radius 1 is 1.02 bits per heavy atom. The van der Waals surface area contributed by atoms with Gasteiger partial charge in [0.25, 0.3) is 12.3 Å². The van der Waals surface area contributed by atoms with E-state index in [4.69, 9.17) is 23.9 Å². The molecule has 18 heteroatoms. The van der Waals surface area contributed by atoms with Crippen molar-refractivity contribution in [2.45, 2.75) is 133 Å². The highest BCUT2D eigenvalue weighted by Gasteiger charge is 2.62. The number of fused-ring (bicyclic) bond motifs is 3. The number of hydrogen-bond acceptors (Lipinski definition) is 11. The molecule has 2 saturated carbocycles. The summed E-state index contributed by atoms with van der Waals surface area (Å²) in [5, 5.41) is 5.32. The maximum Gasteiger partial charge on any atom is 0.408 e. The van der Waals surface area contributed by atoms with E-state index in [2.05, 4.69) is 15.4 Å². The average Bonchev–Trinajstić information content (AvgIpc) is 4.17. The van der Waals surface area contributed by atoms with Gasteiger partial charge in [-0.1, -0.05) is 25.5 Å². The van der Waals surface area contributed by atoms with Crippen LogP contribution in [0, 0.1) is 11.8 Å². The Morgan fingerprint density at radius 3 is 2.41 bits per heavy atom. The SMILES string of the molecule is COc1ccc2c(O[C@@H]3C[C@H]4C(=O)N[C@]5(C(=O)NS(=O)(=O)C6CC6)C[C@H]5/C=C\CCCC[C@@H](C)[C@H](NC(=O)OC(C)(C)C(F)F)C(=O)N4C3)cc(-c3ccc(OC(C)C)cc3)nc2c1. The molecule has 1 aromatic heterocycles. The van der Waals surface area contributed by atoms with E-state index in [1.807, 2.05) is 50.3 Å². The number of sulfonamides is 1. The number of carbonyl (C=O) groups is 4. The van der Waals surface area contributed by atoms with Crippen LogP contribution >= 0.6 is 0 Å². The van der Waals surface area contributed by atoms with Gasteiger partial charge in [-0.15, -0.1) is 0 Å². The molecular weight excluding hydrogens is 853 g/mol. The van der Waals surface area contributed by atoms with Crippen molar-refractivity contribution in [1.82, 2.24) is 25.2 Å². The van der Waals surface area contributed by atoms with Gasteiger partial charge in [0, 0.05) is 35.4 Å². The molecule has 2 aliphatic heterocycles. The van der Waals surface area contributed by atoms with Gasteiger partial charge in [0.1, 0.15) is 41.0 Å². The summed E-state index contributed by atoms with van der Waals surface area (Å²) in [6.45, 7) is 7.58. The van der Waals surface area contributed by atoms with Gasteiger partial charge in [-0.2, -0.15) is 0 Å². The van der Waals surface area contributed by atoms with Crippen molar-refractivity contribution in [2.75, 3.05) is 13.7 Å². The number of hydrogen-bond donors (Lipinski definition) is 3. The van der Waals surface area contributed by atoms with E-state index in [-0.39, 0.29) is 25.5 Å². The number of alkyl carbamates (subject to hydrolysis) is 1. The lowest BCUT2D eigenvalue weighted by atomic mass is 9.93. The first-order valence-electron chi connectivity index (χ1n) is 21.9. The second-order valence-corrected chi connectivity index (χ2v) is 20.1. The molecule has 64 heavy (non-hydrogen) atoms. The third-order valence-electron chi connectivity index (χ3n) is 12.2. The van der Waals surface area contributed by atoms with Crippen LogP contribution < -0.4 is 29.6 Å². The summed E-state index contributed by atoms with van der Waals surface area (Å²) in [5.41, 5.74) is -1.92. The first kappa shape index (κ1) is 46.5. The van der Waals surface area contributed by atoms with Gasteiger partial charge >= 0.3 is 6.09 Å². The molecule has 0 spiro atoms. The van der Waals surface area contributed by atoms with Crippen LogP contribution in [0.1, 0.15) is 86.0 Å². The lowest BCUT2D eigenvalue weighted by Gasteiger charge is -2.33. The van der Waals surface area contributed by atoms with Crippen molar-refractivity contribution in [1.29, 1.82) is 0 Å². The standard InChI is InChI=1S/C46H57F2N5O10S/c1-26(2)61-30-15-13-28(14-16-30)35-23-38(34-20-17-31(60-6)21-36(34)49-35)62-32-22-37-40(54)51-46(43(56)52-64(58,59)33-18-19-33)24-29(46)12-10-8-7-9-11-27(3)39(41(55)53(37)25-32)50-44(57)63-45(4,5)42(47)48/h10,12-17,20-21,23,26-27,29,32-33,37,39,42H,7-9,11,18-19,22,24-25H2,1-6H3,(H,50,57)(H,51,54)(H,52,56)/b12-10-/t27-,29-,32-,37+,39+,46-/m1/s1. The number of aromatic nitrogens is 1. The smallest absolute Gasteiger partial charge is 0.408 e. The molecule has 3 heterocycles. The average molecular weight is 910 g/mol. The topological polar surface area (TPSA) is 192 Å². The molecule has 7 rings (SSSR count). The number of nitrogens with zero attached hydrogens (tertiary/aromatic N) is 2. The fourth-order valence-corrected chi connectivity index (χ4v) is 9.63. The van der Waals surface area contributed by atoms with E-state index < -0.39 is 86.7 Å². The van der Waals surface area contributed by atoms with Gasteiger partial charge in [0.2, 0.25) is 21.8 Å². The predicted molar refractivity (Wildman–Crippen MR) is 233 cm³/mol. The number of amides is 4. The minimum Gasteiger partial charge on any atom is -0.497 e. The van der Waals surface area contributed by atoms with E-state index >= 15 is 0 Å². The number of carbonyl (C=O) groups excluding carboxylic acids is 4. The molecule has 0 radical (unpaired) electrons. The summed E-state index contributed by atoms with van der Waals surface area (Å²) in [7, 11) is -2.43. The summed E-state index contributed by atoms with van der Waals surface area (Å²) in [6.07, 6.45) is 1.83. The van der Waals surface area contributed by atoms with Gasteiger partial charge in [0.05, 0.1) is 36.2 Å². The Morgan fingerprint density at radius 2 is 1.73 bits per heavy atom. The molecule has 0 unspecified atom stereocenters. The maximum atomic E-state index is 14.9. The van der Waals surface area contributed by atoms with Gasteiger partial charge < -0.3 is 34.5 Å². The van der Waals surface area contributed by atoms with Crippen LogP contribution in [0.15, 0.2) is 60.7 Å². The second kappa shape index (κ2) is 18.5. The molecule has 2 aromatic carbocycles. The number of rotatable bonds is 12. The van der Waals surface area contributed by atoms with Crippen LogP contribution in [0.25, 0.3) is 22.2 Å². The normalized spacial score (nSPS) is 25.9. The number of methoxy groups -OCH3 is 1. The molecule has 4 amide bonds. The minimum absolute atomic E-state index is 0.0267. The van der Waals surface area contributed by atoms with E-state index in [0.717, 1.165) is 19.4 Å². The third kappa shape index (κ3) is 10.4. The number of ether oxygens (including phenoxy) is 4. The van der Waals surface area contributed by atoms with Crippen LogP contribution in [0.2, 0.25) is 0 Å². The molecule has 3 aromatic rings. The van der Waals surface area contributed by atoms with Gasteiger partial charge in [0.15, 0.2) is 5.60 Å². The highest BCUT2D eigenvalue weighted by Crippen LogP contribution is 2.46. The Bertz CT molecular complexity index is 2390. The van der Waals surface area contributed by atoms with Crippen LogP contribution in [0.3, 0.4) is 0 Å². The highest BCUT2D eigenvalue weighted by molar-refractivity contribution is 7.91. The van der Waals surface area contributed by atoms with Crippen molar-refractivity contribution in [3.05, 3.63) is 60.7 Å². The molecule has 15 nitrogen and oxygen atoms in total. The molecule has 1 saturated heterocycles. The van der Waals surface area contributed by atoms with Crippen molar-refractivity contribution in [3.8, 4) is 28.5 Å². The van der Waals surface area contributed by atoms with E-state index in [1.54, 1.807) is 38.3 Å². The van der Waals surface area contributed by atoms with Crippen molar-refractivity contribution < 1.29 is 55.3 Å². The monoisotopic (exact) mass is 909 g/mol. The van der Waals surface area contributed by atoms with E-state index in [1.165, 1.54) is 4.90 Å². The van der Waals surface area contributed by atoms with Crippen molar-refractivity contribution >= 4 is 44.7 Å². The molecule has 6 atom stereocenters. The third-order valence-corrected chi connectivity index (χ3v) is 14.1. The first-order valence-corrected chi connectivity index (χ1v) is 23.4. The lowest BCUT2D eigenvalue weighted by molar-refractivity contribution is -0.142. The predicted octanol–water partition coefficient (Wildman–Crippen LogP) is 6.43. The number of pyridine rings is 1. The van der Waals surface area contributed by atoms with Crippen LogP contribution in [-0.2, 0) is 29.1 Å². The van der Waals surface area contributed by atoms with Crippen LogP contribution in [0.5, 0.6) is 17.2 Å². The fraction of sp³-hybridized carbons (Fsp3) is 0.543. The summed E-state index contributed by atoms with van der Waals surface area (Å²) >= 11 is 0. The summed E-state index contributed by atoms with van der Waals surface area (Å²) < 4.78 is 78.9. The molecule has 3 fully saturated rings. The molecule has 0 bridgehead atoms. The van der Waals surface area contributed by atoms with Gasteiger partial charge in [-0.25, -0.2) is 27.0 Å². The summed E-state index contributed by atoms with van der Waals surface area (Å²) in [4.78, 5) is 62.9. The number of nitrogens with one attached hydrogen (secondary N) is 3. The fourth-order valence-electron chi connectivity index (χ4n) is 8.27. The largest absolute Gasteiger partial charge is 0.497 e. The zero-order valence-electron chi connectivity index (χ0n) is 36.9. The Hall–Kier alpha value is -5.52. The molecule has 2 aliphatic carbocycles. The number of halogens is 2. The van der Waals surface area contributed by atoms with E-state index in [9.17, 15) is 36.4 Å². The Kier molecular flexibility index (Phi) is 13.5. The van der Waals surface area contributed by atoms with E-state index in [0.29, 0.717) is 72.4 Å². The van der Waals surface area contributed by atoms with Gasteiger partial charge in [-0.05, 0) is 109 Å². The van der Waals surface area contributed by atoms with Crippen LogP contribution in [0.4, 0.5) is 13.6 Å². The minimum atomic E-state index is -3.97. The number of benzene rings is 2. The summed E-state index contributed by atoms with van der Waals surface area (Å²) in [5.74, 6) is -1.70. The van der Waals surface area contributed by atoms with Gasteiger partial charge in [-0.3, -0.25) is 19.1 Å². The first-order chi connectivity index (χ1) is 30.3. The Labute approximate surface area is 372 Å². The maximum absolute atomic E-state index is 14.9. The van der Waals surface area contributed by atoms with Crippen molar-refractivity contribution in [3.63, 3.8) is 0 Å². The highest BCUT2D eigenvalue weighted by atomic mass is 32.2. The number of allylic oxidation sites excluding steroid dienone is 1. The quantitative estimate of drug-likeness (QED) is 0.170. The Balaban J connectivity index is 1.24. The molecule has 4 aliphatic rings. The molecular formula is C46H57F2N5O10S. The van der Waals surface area contributed by atoms with Crippen molar-refractivity contribution in [2.24, 2.45) is 11.8 Å². The zero-order chi connectivity index (χ0) is 46.1. The summed E-state index contributed by atoms with van der Waals surface area (Å²) in [6, 6.07) is 11.9. The number of alkyl halides is 2. The second-order valence-electron chi connectivity index (χ2n) is 18.1. The molecule has 346 valence electrons. The zero-order valence-corrected chi connectivity index (χ0v) is 37.7. The molecule has 3 N–H and O–H groups in total. The lowest BCUT2D eigenvalue weighted by Crippen LogP contribution is -2.59.